The number of carbonyl (C=O) groups is 2. The molecule has 0 aromatic heterocycles. The maximum Gasteiger partial charge on any atom is 0.265 e. The summed E-state index contributed by atoms with van der Waals surface area (Å²) in [6.07, 6.45) is 2.64. The highest BCUT2D eigenvalue weighted by atomic mass is 79.9. The predicted molar refractivity (Wildman–Crippen MR) is 116 cm³/mol. The van der Waals surface area contributed by atoms with E-state index >= 15 is 0 Å². The topological polar surface area (TPSA) is 61.9 Å². The van der Waals surface area contributed by atoms with Gasteiger partial charge in [0.05, 0.1) is 18.8 Å². The van der Waals surface area contributed by atoms with Gasteiger partial charge in [0.1, 0.15) is 5.75 Å². The van der Waals surface area contributed by atoms with Crippen LogP contribution in [0.25, 0.3) is 0 Å². The number of nitrogens with zero attached hydrogens (tertiary/aromatic N) is 2. The number of hydrogen-bond acceptors (Lipinski definition) is 4. The standard InChI is InChI=1S/C22H24BrN3O3/c23-16-7-6-8-17(13-16)24-21(27)15-26-14-20(22(28)25-11-4-1-5-12-25)29-19-10-3-2-9-18(19)26/h2-3,6-10,13,20H,1,4-5,11-12,14-15H2,(H,24,27). The van der Waals surface area contributed by atoms with Crippen molar-refractivity contribution in [3.63, 3.8) is 0 Å². The van der Waals surface area contributed by atoms with Crippen molar-refractivity contribution in [2.24, 2.45) is 0 Å². The molecule has 152 valence electrons. The van der Waals surface area contributed by atoms with Crippen LogP contribution in [0.1, 0.15) is 19.3 Å². The van der Waals surface area contributed by atoms with Crippen LogP contribution in [0.5, 0.6) is 5.75 Å². The van der Waals surface area contributed by atoms with Crippen molar-refractivity contribution in [2.45, 2.75) is 25.4 Å². The molecule has 0 bridgehead atoms. The number of benzene rings is 2. The van der Waals surface area contributed by atoms with Gasteiger partial charge in [-0.2, -0.15) is 0 Å². The maximum atomic E-state index is 13.0. The van der Waals surface area contributed by atoms with Crippen molar-refractivity contribution in [1.29, 1.82) is 0 Å². The van der Waals surface area contributed by atoms with Crippen LogP contribution in [0.15, 0.2) is 53.0 Å². The van der Waals surface area contributed by atoms with Crippen molar-refractivity contribution in [3.8, 4) is 5.75 Å². The first-order valence-electron chi connectivity index (χ1n) is 9.95. The van der Waals surface area contributed by atoms with Gasteiger partial charge in [-0.1, -0.05) is 34.1 Å². The Morgan fingerprint density at radius 3 is 2.66 bits per heavy atom. The third-order valence-corrected chi connectivity index (χ3v) is 5.74. The Hall–Kier alpha value is -2.54. The van der Waals surface area contributed by atoms with Crippen molar-refractivity contribution in [2.75, 3.05) is 36.4 Å². The van der Waals surface area contributed by atoms with Crippen LogP contribution in [0, 0.1) is 0 Å². The summed E-state index contributed by atoms with van der Waals surface area (Å²) in [6.45, 7) is 2.07. The lowest BCUT2D eigenvalue weighted by Crippen LogP contribution is -2.52. The molecule has 29 heavy (non-hydrogen) atoms. The molecule has 0 spiro atoms. The molecule has 4 rings (SSSR count). The number of ether oxygens (including phenoxy) is 1. The van der Waals surface area contributed by atoms with Gasteiger partial charge >= 0.3 is 0 Å². The molecule has 2 aliphatic rings. The molecule has 0 saturated carbocycles. The van der Waals surface area contributed by atoms with E-state index in [1.54, 1.807) is 0 Å². The van der Waals surface area contributed by atoms with E-state index in [0.29, 0.717) is 12.3 Å². The number of halogens is 1. The summed E-state index contributed by atoms with van der Waals surface area (Å²) in [6, 6.07) is 15.0. The molecule has 7 heteroatoms. The monoisotopic (exact) mass is 457 g/mol. The first kappa shape index (κ1) is 19.8. The van der Waals surface area contributed by atoms with E-state index in [-0.39, 0.29) is 18.4 Å². The number of anilines is 2. The third kappa shape index (κ3) is 4.72. The molecule has 0 radical (unpaired) electrons. The Bertz CT molecular complexity index is 898. The minimum absolute atomic E-state index is 0.0107. The Balaban J connectivity index is 1.48. The summed E-state index contributed by atoms with van der Waals surface area (Å²) in [5, 5.41) is 2.92. The maximum absolute atomic E-state index is 13.0. The second-order valence-corrected chi connectivity index (χ2v) is 8.31. The second kappa shape index (κ2) is 8.86. The lowest BCUT2D eigenvalue weighted by Gasteiger charge is -2.38. The SMILES string of the molecule is O=C(CN1CC(C(=O)N2CCCCC2)Oc2ccccc21)Nc1cccc(Br)c1. The minimum atomic E-state index is -0.596. The van der Waals surface area contributed by atoms with Gasteiger partial charge in [0.2, 0.25) is 5.91 Å². The smallest absolute Gasteiger partial charge is 0.265 e. The minimum Gasteiger partial charge on any atom is -0.477 e. The summed E-state index contributed by atoms with van der Waals surface area (Å²) in [5.41, 5.74) is 1.56. The fourth-order valence-electron chi connectivity index (χ4n) is 3.84. The highest BCUT2D eigenvalue weighted by Gasteiger charge is 2.34. The van der Waals surface area contributed by atoms with Crippen molar-refractivity contribution in [1.82, 2.24) is 4.90 Å². The zero-order valence-electron chi connectivity index (χ0n) is 16.1. The van der Waals surface area contributed by atoms with E-state index < -0.39 is 6.10 Å². The average Bonchev–Trinajstić information content (AvgIpc) is 2.73. The van der Waals surface area contributed by atoms with Gasteiger partial charge in [0.15, 0.2) is 6.10 Å². The summed E-state index contributed by atoms with van der Waals surface area (Å²) in [7, 11) is 0. The molecule has 0 aliphatic carbocycles. The number of fused-ring (bicyclic) bond motifs is 1. The van der Waals surface area contributed by atoms with Gasteiger partial charge in [-0.05, 0) is 49.6 Å². The molecule has 2 aromatic rings. The van der Waals surface area contributed by atoms with Gasteiger partial charge in [0.25, 0.3) is 5.91 Å². The third-order valence-electron chi connectivity index (χ3n) is 5.25. The number of likely N-dealkylation sites (tertiary alicyclic amines) is 1. The summed E-state index contributed by atoms with van der Waals surface area (Å²) >= 11 is 3.41. The number of rotatable bonds is 4. The molecule has 2 aromatic carbocycles. The molecule has 1 saturated heterocycles. The Morgan fingerprint density at radius 1 is 1.07 bits per heavy atom. The van der Waals surface area contributed by atoms with E-state index in [1.807, 2.05) is 58.3 Å². The summed E-state index contributed by atoms with van der Waals surface area (Å²) in [4.78, 5) is 29.5. The molecule has 1 atom stereocenters. The van der Waals surface area contributed by atoms with Gasteiger partial charge < -0.3 is 19.9 Å². The van der Waals surface area contributed by atoms with Crippen molar-refractivity contribution < 1.29 is 14.3 Å². The van der Waals surface area contributed by atoms with Gasteiger partial charge in [-0.15, -0.1) is 0 Å². The lowest BCUT2D eigenvalue weighted by molar-refractivity contribution is -0.139. The van der Waals surface area contributed by atoms with E-state index in [4.69, 9.17) is 4.74 Å². The van der Waals surface area contributed by atoms with Crippen LogP contribution in [-0.4, -0.2) is 49.0 Å². The highest BCUT2D eigenvalue weighted by Crippen LogP contribution is 2.33. The quantitative estimate of drug-likeness (QED) is 0.760. The van der Waals surface area contributed by atoms with Gasteiger partial charge in [-0.25, -0.2) is 0 Å². The van der Waals surface area contributed by atoms with E-state index in [1.165, 1.54) is 6.42 Å². The van der Waals surface area contributed by atoms with E-state index in [9.17, 15) is 9.59 Å². The Kier molecular flexibility index (Phi) is 6.04. The fraction of sp³-hybridized carbons (Fsp3) is 0.364. The number of hydrogen-bond donors (Lipinski definition) is 1. The number of carbonyl (C=O) groups excluding carboxylic acids is 2. The molecule has 2 aliphatic heterocycles. The molecule has 1 unspecified atom stereocenters. The molecule has 1 fully saturated rings. The normalized spacial score (nSPS) is 18.6. The summed E-state index contributed by atoms with van der Waals surface area (Å²) in [5.74, 6) is 0.518. The zero-order valence-corrected chi connectivity index (χ0v) is 17.7. The molecular formula is C22H24BrN3O3. The molecular weight excluding hydrogens is 434 g/mol. The van der Waals surface area contributed by atoms with E-state index in [0.717, 1.165) is 41.8 Å². The first-order valence-corrected chi connectivity index (χ1v) is 10.7. The van der Waals surface area contributed by atoms with Crippen LogP contribution >= 0.6 is 15.9 Å². The zero-order chi connectivity index (χ0) is 20.2. The average molecular weight is 458 g/mol. The Labute approximate surface area is 178 Å². The number of nitrogens with one attached hydrogen (secondary N) is 1. The molecule has 2 amide bonds. The molecule has 6 nitrogen and oxygen atoms in total. The van der Waals surface area contributed by atoms with Crippen LogP contribution in [0.2, 0.25) is 0 Å². The molecule has 2 heterocycles. The van der Waals surface area contributed by atoms with Crippen LogP contribution in [0.4, 0.5) is 11.4 Å². The van der Waals surface area contributed by atoms with Gasteiger partial charge in [-0.3, -0.25) is 9.59 Å². The number of amides is 2. The lowest BCUT2D eigenvalue weighted by atomic mass is 10.1. The van der Waals surface area contributed by atoms with Crippen LogP contribution in [0.3, 0.4) is 0 Å². The van der Waals surface area contributed by atoms with Crippen molar-refractivity contribution >= 4 is 39.1 Å². The van der Waals surface area contributed by atoms with Crippen molar-refractivity contribution in [3.05, 3.63) is 53.0 Å². The van der Waals surface area contributed by atoms with E-state index in [2.05, 4.69) is 21.2 Å². The second-order valence-electron chi connectivity index (χ2n) is 7.40. The number of para-hydroxylation sites is 2. The van der Waals surface area contributed by atoms with Gasteiger partial charge in [0, 0.05) is 23.2 Å². The van der Waals surface area contributed by atoms with Crippen LogP contribution in [-0.2, 0) is 9.59 Å². The number of piperidine rings is 1. The highest BCUT2D eigenvalue weighted by molar-refractivity contribution is 9.10. The largest absolute Gasteiger partial charge is 0.477 e. The Morgan fingerprint density at radius 2 is 1.86 bits per heavy atom. The summed E-state index contributed by atoms with van der Waals surface area (Å²) < 4.78 is 6.92. The molecule has 1 N–H and O–H groups in total. The van der Waals surface area contributed by atoms with Crippen LogP contribution < -0.4 is 15.0 Å². The fourth-order valence-corrected chi connectivity index (χ4v) is 4.24. The first-order chi connectivity index (χ1) is 14.1. The predicted octanol–water partition coefficient (Wildman–Crippen LogP) is 3.67.